The van der Waals surface area contributed by atoms with Crippen LogP contribution < -0.4 is 21.3 Å². The average Bonchev–Trinajstić information content (AvgIpc) is 2.81. The van der Waals surface area contributed by atoms with Crippen molar-refractivity contribution in [1.82, 2.24) is 21.3 Å². The van der Waals surface area contributed by atoms with E-state index in [-0.39, 0.29) is 30.8 Å². The molecule has 1 unspecified atom stereocenters. The Labute approximate surface area is 210 Å². The van der Waals surface area contributed by atoms with Gasteiger partial charge in [0.1, 0.15) is 12.2 Å². The van der Waals surface area contributed by atoms with Crippen molar-refractivity contribution in [3.8, 4) is 17.9 Å². The van der Waals surface area contributed by atoms with Gasteiger partial charge in [-0.3, -0.25) is 9.59 Å². The van der Waals surface area contributed by atoms with Gasteiger partial charge in [-0.05, 0) is 74.0 Å². The average molecular weight is 493 g/mol. The summed E-state index contributed by atoms with van der Waals surface area (Å²) in [6.07, 6.45) is 6.08. The summed E-state index contributed by atoms with van der Waals surface area (Å²) < 4.78 is 0. The molecule has 4 fully saturated rings. The minimum absolute atomic E-state index is 0.0240. The van der Waals surface area contributed by atoms with Crippen molar-refractivity contribution in [2.75, 3.05) is 13.1 Å². The van der Waals surface area contributed by atoms with E-state index in [0.29, 0.717) is 23.3 Å². The number of nitrogens with zero attached hydrogens (tertiary/aromatic N) is 2. The van der Waals surface area contributed by atoms with Crippen molar-refractivity contribution in [1.29, 1.82) is 10.5 Å². The summed E-state index contributed by atoms with van der Waals surface area (Å²) in [5, 5.41) is 38.9. The SMILES string of the molecule is N#CCCNC(=O)C(CNC(=O)CC#N)(NC(=O)NC12CC3CC(CC(C3)C1)C2)c1ccc(O)cc1. The normalized spacial score (nSPS) is 27.1. The monoisotopic (exact) mass is 492 g/mol. The molecule has 0 spiro atoms. The fourth-order valence-electron chi connectivity index (χ4n) is 6.71. The molecule has 10 nitrogen and oxygen atoms in total. The summed E-state index contributed by atoms with van der Waals surface area (Å²) in [6.45, 7) is -0.259. The van der Waals surface area contributed by atoms with Gasteiger partial charge in [0, 0.05) is 12.1 Å². The Morgan fingerprint density at radius 3 is 2.14 bits per heavy atom. The zero-order valence-corrected chi connectivity index (χ0v) is 20.2. The number of carbonyl (C=O) groups excluding carboxylic acids is 3. The fraction of sp³-hybridized carbons (Fsp3) is 0.577. The van der Waals surface area contributed by atoms with E-state index >= 15 is 0 Å². The second-order valence-corrected chi connectivity index (χ2v) is 10.5. The highest BCUT2D eigenvalue weighted by Gasteiger charge is 2.52. The molecule has 0 aromatic heterocycles. The molecule has 4 aliphatic carbocycles. The number of rotatable bonds is 9. The molecule has 10 heteroatoms. The molecule has 5 rings (SSSR count). The van der Waals surface area contributed by atoms with Crippen LogP contribution in [0.5, 0.6) is 5.75 Å². The number of benzene rings is 1. The molecule has 0 saturated heterocycles. The molecule has 190 valence electrons. The first-order valence-corrected chi connectivity index (χ1v) is 12.5. The van der Waals surface area contributed by atoms with Crippen molar-refractivity contribution in [2.45, 2.75) is 62.4 Å². The predicted molar refractivity (Wildman–Crippen MR) is 129 cm³/mol. The molecule has 4 aliphatic rings. The lowest BCUT2D eigenvalue weighted by atomic mass is 9.53. The van der Waals surface area contributed by atoms with Gasteiger partial charge in [0.2, 0.25) is 5.91 Å². The van der Waals surface area contributed by atoms with E-state index in [1.165, 1.54) is 43.5 Å². The number of phenols is 1. The second-order valence-electron chi connectivity index (χ2n) is 10.5. The van der Waals surface area contributed by atoms with E-state index < -0.39 is 29.8 Å². The van der Waals surface area contributed by atoms with Crippen LogP contribution in [0, 0.1) is 40.4 Å². The van der Waals surface area contributed by atoms with Crippen LogP contribution in [-0.2, 0) is 15.1 Å². The smallest absolute Gasteiger partial charge is 0.316 e. The number of urea groups is 1. The highest BCUT2D eigenvalue weighted by molar-refractivity contribution is 5.93. The first kappa shape index (κ1) is 25.3. The summed E-state index contributed by atoms with van der Waals surface area (Å²) in [7, 11) is 0. The van der Waals surface area contributed by atoms with Crippen LogP contribution in [0.1, 0.15) is 56.9 Å². The number of hydrogen-bond acceptors (Lipinski definition) is 6. The molecule has 1 atom stereocenters. The Morgan fingerprint density at radius 1 is 0.972 bits per heavy atom. The number of nitrogens with one attached hydrogen (secondary N) is 4. The van der Waals surface area contributed by atoms with Crippen LogP contribution in [0.4, 0.5) is 4.79 Å². The Kier molecular flexibility index (Phi) is 7.35. The zero-order valence-electron chi connectivity index (χ0n) is 20.2. The van der Waals surface area contributed by atoms with Crippen LogP contribution >= 0.6 is 0 Å². The van der Waals surface area contributed by atoms with Crippen LogP contribution in [0.15, 0.2) is 24.3 Å². The van der Waals surface area contributed by atoms with Crippen molar-refractivity contribution >= 4 is 17.8 Å². The molecule has 0 radical (unpaired) electrons. The first-order chi connectivity index (χ1) is 17.3. The maximum absolute atomic E-state index is 13.6. The van der Waals surface area contributed by atoms with E-state index in [1.807, 2.05) is 6.07 Å². The summed E-state index contributed by atoms with van der Waals surface area (Å²) in [5.74, 6) is 0.605. The molecule has 1 aromatic rings. The molecule has 0 heterocycles. The van der Waals surface area contributed by atoms with Crippen LogP contribution in [0.3, 0.4) is 0 Å². The lowest BCUT2D eigenvalue weighted by molar-refractivity contribution is -0.128. The van der Waals surface area contributed by atoms with Gasteiger partial charge in [0.15, 0.2) is 5.54 Å². The van der Waals surface area contributed by atoms with Gasteiger partial charge in [0.05, 0.1) is 25.1 Å². The van der Waals surface area contributed by atoms with E-state index in [4.69, 9.17) is 10.5 Å². The van der Waals surface area contributed by atoms with Gasteiger partial charge < -0.3 is 26.4 Å². The Hall–Kier alpha value is -3.79. The second kappa shape index (κ2) is 10.4. The fourth-order valence-corrected chi connectivity index (χ4v) is 6.71. The highest BCUT2D eigenvalue weighted by Crippen LogP contribution is 2.55. The Morgan fingerprint density at radius 2 is 1.58 bits per heavy atom. The van der Waals surface area contributed by atoms with Gasteiger partial charge in [-0.15, -0.1) is 0 Å². The molecule has 5 N–H and O–H groups in total. The van der Waals surface area contributed by atoms with Gasteiger partial charge in [0.25, 0.3) is 5.91 Å². The predicted octanol–water partition coefficient (Wildman–Crippen LogP) is 1.92. The summed E-state index contributed by atoms with van der Waals surface area (Å²) in [5.41, 5.74) is -1.70. The van der Waals surface area contributed by atoms with Crippen molar-refractivity contribution in [3.05, 3.63) is 29.8 Å². The molecule has 4 saturated carbocycles. The van der Waals surface area contributed by atoms with Gasteiger partial charge in [-0.2, -0.15) is 10.5 Å². The number of nitriles is 2. The Bertz CT molecular complexity index is 1050. The molecule has 4 amide bonds. The molecule has 4 bridgehead atoms. The van der Waals surface area contributed by atoms with Crippen molar-refractivity contribution < 1.29 is 19.5 Å². The topological polar surface area (TPSA) is 167 Å². The maximum Gasteiger partial charge on any atom is 0.316 e. The number of aromatic hydroxyl groups is 1. The van der Waals surface area contributed by atoms with Gasteiger partial charge >= 0.3 is 6.03 Å². The number of phenolic OH excluding ortho intramolecular Hbond substituents is 1. The molecule has 36 heavy (non-hydrogen) atoms. The third-order valence-corrected chi connectivity index (χ3v) is 7.80. The largest absolute Gasteiger partial charge is 0.508 e. The number of carbonyl (C=O) groups is 3. The van der Waals surface area contributed by atoms with E-state index in [1.54, 1.807) is 6.07 Å². The van der Waals surface area contributed by atoms with E-state index in [2.05, 4.69) is 21.3 Å². The van der Waals surface area contributed by atoms with Crippen LogP contribution in [0.25, 0.3) is 0 Å². The third-order valence-electron chi connectivity index (χ3n) is 7.80. The first-order valence-electron chi connectivity index (χ1n) is 12.5. The third kappa shape index (κ3) is 5.38. The van der Waals surface area contributed by atoms with Gasteiger partial charge in [-0.25, -0.2) is 4.79 Å². The lowest BCUT2D eigenvalue weighted by Crippen LogP contribution is -2.67. The Balaban J connectivity index is 1.61. The standard InChI is InChI=1S/C26H32N6O4/c27-7-1-9-29-23(35)26(16-30-22(34)6-8-28,20-2-4-21(33)5-3-20)32-24(36)31-25-13-17-10-18(14-25)12-19(11-17)15-25/h2-5,17-19,33H,1,6,9-16H2,(H,29,35)(H,30,34)(H2,31,32,36). The van der Waals surface area contributed by atoms with Gasteiger partial charge in [-0.1, -0.05) is 12.1 Å². The van der Waals surface area contributed by atoms with E-state index in [9.17, 15) is 19.5 Å². The molecular formula is C26H32N6O4. The van der Waals surface area contributed by atoms with Crippen LogP contribution in [-0.4, -0.2) is 41.6 Å². The summed E-state index contributed by atoms with van der Waals surface area (Å²) >= 11 is 0. The minimum Gasteiger partial charge on any atom is -0.508 e. The molecule has 0 aliphatic heterocycles. The summed E-state index contributed by atoms with van der Waals surface area (Å²) in [4.78, 5) is 39.2. The number of amides is 4. The molecule has 1 aromatic carbocycles. The summed E-state index contributed by atoms with van der Waals surface area (Å²) in [6, 6.07) is 8.99. The van der Waals surface area contributed by atoms with Crippen molar-refractivity contribution in [2.24, 2.45) is 17.8 Å². The zero-order chi connectivity index (χ0) is 25.8. The number of hydrogen-bond donors (Lipinski definition) is 5. The quantitative estimate of drug-likeness (QED) is 0.330. The maximum atomic E-state index is 13.6. The van der Waals surface area contributed by atoms with Crippen molar-refractivity contribution in [3.63, 3.8) is 0 Å². The highest BCUT2D eigenvalue weighted by atomic mass is 16.3. The lowest BCUT2D eigenvalue weighted by Gasteiger charge is -2.57. The van der Waals surface area contributed by atoms with E-state index in [0.717, 1.165) is 19.3 Å². The molecular weight excluding hydrogens is 460 g/mol. The minimum atomic E-state index is -1.74. The van der Waals surface area contributed by atoms with Crippen LogP contribution in [0.2, 0.25) is 0 Å².